The van der Waals surface area contributed by atoms with Gasteiger partial charge in [0.1, 0.15) is 16.9 Å². The number of rotatable bonds is 8. The summed E-state index contributed by atoms with van der Waals surface area (Å²) >= 11 is 0. The molecule has 0 amide bonds. The molecule has 1 aromatic heterocycles. The minimum absolute atomic E-state index is 0.123. The van der Waals surface area contributed by atoms with E-state index in [4.69, 9.17) is 9.15 Å². The van der Waals surface area contributed by atoms with Crippen molar-refractivity contribution in [3.8, 4) is 5.75 Å². The molecule has 5 heteroatoms. The maximum absolute atomic E-state index is 12.4. The lowest BCUT2D eigenvalue weighted by molar-refractivity contribution is 0.0521. The molecule has 1 heterocycles. The number of benzene rings is 1. The minimum atomic E-state index is -0.737. The molecule has 0 fully saturated rings. The zero-order chi connectivity index (χ0) is 21.4. The van der Waals surface area contributed by atoms with Crippen molar-refractivity contribution in [2.45, 2.75) is 47.0 Å². The number of esters is 1. The van der Waals surface area contributed by atoms with Gasteiger partial charge in [0.25, 0.3) is 0 Å². The number of hydrogen-bond donors (Lipinski definition) is 1. The molecule has 2 rings (SSSR count). The summed E-state index contributed by atoms with van der Waals surface area (Å²) in [4.78, 5) is 24.6. The lowest BCUT2D eigenvalue weighted by atomic mass is 9.97. The fourth-order valence-corrected chi connectivity index (χ4v) is 2.98. The Morgan fingerprint density at radius 3 is 2.66 bits per heavy atom. The molecular weight excluding hydrogens is 368 g/mol. The van der Waals surface area contributed by atoms with E-state index >= 15 is 0 Å². The molecule has 0 saturated heterocycles. The second-order valence-corrected chi connectivity index (χ2v) is 6.92. The van der Waals surface area contributed by atoms with Crippen LogP contribution < -0.4 is 5.63 Å². The van der Waals surface area contributed by atoms with Gasteiger partial charge in [-0.1, -0.05) is 36.0 Å². The van der Waals surface area contributed by atoms with Crippen molar-refractivity contribution in [2.75, 3.05) is 6.61 Å². The predicted octanol–water partition coefficient (Wildman–Crippen LogP) is 5.25. The van der Waals surface area contributed by atoms with Gasteiger partial charge in [0.05, 0.1) is 6.61 Å². The van der Waals surface area contributed by atoms with E-state index in [0.29, 0.717) is 41.4 Å². The molecule has 0 unspecified atom stereocenters. The lowest BCUT2D eigenvalue weighted by Crippen LogP contribution is -2.17. The van der Waals surface area contributed by atoms with E-state index < -0.39 is 11.6 Å². The Morgan fingerprint density at radius 1 is 1.24 bits per heavy atom. The average molecular weight is 396 g/mol. The standard InChI is InChI=1S/C24H28O5/c1-5-7-8-9-10-11-18-19-15-20(23(26)28-6-2)24(27)29-22(19)17(14-21(18)25)13-12-16(3)4/h5,7-9,12,14-15,25H,6,10-11,13H2,1-4H3/b7-5+,9-8+. The highest BCUT2D eigenvalue weighted by atomic mass is 16.5. The van der Waals surface area contributed by atoms with Crippen LogP contribution in [0, 0.1) is 0 Å². The second kappa shape index (κ2) is 10.5. The van der Waals surface area contributed by atoms with Crippen molar-refractivity contribution < 1.29 is 19.1 Å². The molecule has 0 aliphatic rings. The van der Waals surface area contributed by atoms with Gasteiger partial charge in [0, 0.05) is 16.5 Å². The largest absolute Gasteiger partial charge is 0.508 e. The number of ether oxygens (including phenoxy) is 1. The first-order valence-corrected chi connectivity index (χ1v) is 9.78. The summed E-state index contributed by atoms with van der Waals surface area (Å²) in [5.41, 5.74) is 1.94. The van der Waals surface area contributed by atoms with Crippen LogP contribution in [0.1, 0.15) is 55.6 Å². The van der Waals surface area contributed by atoms with E-state index in [-0.39, 0.29) is 17.9 Å². The van der Waals surface area contributed by atoms with Crippen LogP contribution in [0.15, 0.2) is 57.3 Å². The second-order valence-electron chi connectivity index (χ2n) is 6.92. The molecule has 1 N–H and O–H groups in total. The predicted molar refractivity (Wildman–Crippen MR) is 116 cm³/mol. The molecule has 0 saturated carbocycles. The van der Waals surface area contributed by atoms with Crippen LogP contribution in [0.5, 0.6) is 5.75 Å². The lowest BCUT2D eigenvalue weighted by Gasteiger charge is -2.12. The Morgan fingerprint density at radius 2 is 2.00 bits per heavy atom. The highest BCUT2D eigenvalue weighted by Crippen LogP contribution is 2.32. The first kappa shape index (κ1) is 22.2. The van der Waals surface area contributed by atoms with Crippen molar-refractivity contribution in [2.24, 2.45) is 0 Å². The SMILES string of the molecule is C/C=C/C=C/CCc1c(O)cc(CC=C(C)C)c2oc(=O)c(C(=O)OCC)cc12. The molecule has 2 aromatic rings. The molecule has 0 aliphatic heterocycles. The number of phenolic OH excluding ortho intramolecular Hbond substituents is 1. The molecule has 29 heavy (non-hydrogen) atoms. The Hall–Kier alpha value is -3.08. The average Bonchev–Trinajstić information content (AvgIpc) is 2.67. The number of phenols is 1. The number of aryl methyl sites for hydroxylation is 1. The van der Waals surface area contributed by atoms with Gasteiger partial charge in [-0.05, 0) is 59.1 Å². The summed E-state index contributed by atoms with van der Waals surface area (Å²) in [6.07, 6.45) is 11.5. The number of allylic oxidation sites excluding steroid dienone is 6. The van der Waals surface area contributed by atoms with Gasteiger partial charge in [0.2, 0.25) is 0 Å². The highest BCUT2D eigenvalue weighted by Gasteiger charge is 2.20. The normalized spacial score (nSPS) is 11.4. The third kappa shape index (κ3) is 5.70. The van der Waals surface area contributed by atoms with E-state index in [9.17, 15) is 14.7 Å². The number of hydrogen-bond acceptors (Lipinski definition) is 5. The molecule has 0 atom stereocenters. The van der Waals surface area contributed by atoms with E-state index in [1.807, 2.05) is 51.2 Å². The maximum atomic E-state index is 12.4. The van der Waals surface area contributed by atoms with Gasteiger partial charge >= 0.3 is 11.6 Å². The number of fused-ring (bicyclic) bond motifs is 1. The number of carbonyl (C=O) groups is 1. The smallest absolute Gasteiger partial charge is 0.351 e. The van der Waals surface area contributed by atoms with Crippen LogP contribution in [0.2, 0.25) is 0 Å². The van der Waals surface area contributed by atoms with Crippen LogP contribution in [-0.4, -0.2) is 17.7 Å². The van der Waals surface area contributed by atoms with Gasteiger partial charge in [-0.25, -0.2) is 9.59 Å². The Kier molecular flexibility index (Phi) is 8.01. The van der Waals surface area contributed by atoms with Crippen LogP contribution in [0.25, 0.3) is 11.0 Å². The quantitative estimate of drug-likeness (QED) is 0.285. The summed E-state index contributed by atoms with van der Waals surface area (Å²) < 4.78 is 10.5. The molecular formula is C24H28O5. The Bertz CT molecular complexity index is 1020. The van der Waals surface area contributed by atoms with E-state index in [2.05, 4.69) is 0 Å². The molecule has 5 nitrogen and oxygen atoms in total. The molecule has 0 radical (unpaired) electrons. The van der Waals surface area contributed by atoms with Crippen LogP contribution in [-0.2, 0) is 17.6 Å². The summed E-state index contributed by atoms with van der Waals surface area (Å²) in [5.74, 6) is -0.603. The summed E-state index contributed by atoms with van der Waals surface area (Å²) in [6, 6.07) is 3.12. The van der Waals surface area contributed by atoms with Crippen molar-refractivity contribution in [3.63, 3.8) is 0 Å². The highest BCUT2D eigenvalue weighted by molar-refractivity contribution is 5.95. The van der Waals surface area contributed by atoms with E-state index in [1.165, 1.54) is 6.07 Å². The van der Waals surface area contributed by atoms with Gasteiger partial charge in [-0.15, -0.1) is 0 Å². The zero-order valence-corrected chi connectivity index (χ0v) is 17.5. The summed E-state index contributed by atoms with van der Waals surface area (Å²) in [5, 5.41) is 11.2. The van der Waals surface area contributed by atoms with Crippen molar-refractivity contribution >= 4 is 16.9 Å². The van der Waals surface area contributed by atoms with Crippen molar-refractivity contribution in [1.82, 2.24) is 0 Å². The van der Waals surface area contributed by atoms with Crippen LogP contribution in [0.4, 0.5) is 0 Å². The Labute approximate surface area is 171 Å². The van der Waals surface area contributed by atoms with Gasteiger partial charge < -0.3 is 14.3 Å². The van der Waals surface area contributed by atoms with E-state index in [0.717, 1.165) is 5.57 Å². The third-order valence-corrected chi connectivity index (χ3v) is 4.41. The third-order valence-electron chi connectivity index (χ3n) is 4.41. The number of carbonyl (C=O) groups excluding carboxylic acids is 1. The van der Waals surface area contributed by atoms with Crippen LogP contribution in [0.3, 0.4) is 0 Å². The van der Waals surface area contributed by atoms with E-state index in [1.54, 1.807) is 13.0 Å². The zero-order valence-electron chi connectivity index (χ0n) is 17.5. The summed E-state index contributed by atoms with van der Waals surface area (Å²) in [7, 11) is 0. The van der Waals surface area contributed by atoms with Gasteiger partial charge in [-0.3, -0.25) is 0 Å². The molecule has 154 valence electrons. The van der Waals surface area contributed by atoms with Crippen molar-refractivity contribution in [1.29, 1.82) is 0 Å². The fraction of sp³-hybridized carbons (Fsp3) is 0.333. The van der Waals surface area contributed by atoms with Crippen molar-refractivity contribution in [3.05, 3.63) is 75.2 Å². The number of aromatic hydroxyl groups is 1. The first-order valence-electron chi connectivity index (χ1n) is 9.78. The first-order chi connectivity index (χ1) is 13.9. The minimum Gasteiger partial charge on any atom is -0.508 e. The summed E-state index contributed by atoms with van der Waals surface area (Å²) in [6.45, 7) is 7.72. The van der Waals surface area contributed by atoms with Crippen LogP contribution >= 0.6 is 0 Å². The molecule has 0 spiro atoms. The topological polar surface area (TPSA) is 76.7 Å². The fourth-order valence-electron chi connectivity index (χ4n) is 2.98. The molecule has 0 aliphatic carbocycles. The van der Waals surface area contributed by atoms with Gasteiger partial charge in [-0.2, -0.15) is 0 Å². The maximum Gasteiger partial charge on any atom is 0.351 e. The molecule has 1 aromatic carbocycles. The van der Waals surface area contributed by atoms with Gasteiger partial charge in [0.15, 0.2) is 0 Å². The Balaban J connectivity index is 2.63. The monoisotopic (exact) mass is 396 g/mol. The molecule has 0 bridgehead atoms.